The van der Waals surface area contributed by atoms with Crippen molar-refractivity contribution < 1.29 is 29.2 Å². The second kappa shape index (κ2) is 7.69. The molecule has 122 valence electrons. The van der Waals surface area contributed by atoms with E-state index in [0.717, 1.165) is 5.56 Å². The summed E-state index contributed by atoms with van der Waals surface area (Å²) in [7, 11) is 0. The number of esters is 1. The van der Waals surface area contributed by atoms with E-state index in [2.05, 4.69) is 0 Å². The predicted molar refractivity (Wildman–Crippen MR) is 78.0 cm³/mol. The second-order valence-corrected chi connectivity index (χ2v) is 5.39. The minimum Gasteiger partial charge on any atom is -0.457 e. The van der Waals surface area contributed by atoms with Gasteiger partial charge in [-0.05, 0) is 12.5 Å². The van der Waals surface area contributed by atoms with Crippen LogP contribution in [0.2, 0.25) is 0 Å². The quantitative estimate of drug-likeness (QED) is 0.777. The third-order valence-electron chi connectivity index (χ3n) is 3.66. The fourth-order valence-electron chi connectivity index (χ4n) is 2.59. The number of benzene rings is 1. The molecular formula is C16H22O6. The topological polar surface area (TPSA) is 85.2 Å². The SMILES string of the molecule is CC(=O)OC1C(O)[C@@H](OCc2ccccc2)C(CO)O[C@@H]1C. The van der Waals surface area contributed by atoms with Crippen molar-refractivity contribution in [1.82, 2.24) is 0 Å². The molecule has 2 N–H and O–H groups in total. The zero-order valence-corrected chi connectivity index (χ0v) is 12.7. The number of hydrogen-bond acceptors (Lipinski definition) is 6. The molecule has 5 atom stereocenters. The van der Waals surface area contributed by atoms with Crippen LogP contribution in [0.25, 0.3) is 0 Å². The first-order valence-electron chi connectivity index (χ1n) is 7.30. The van der Waals surface area contributed by atoms with Crippen LogP contribution in [0.15, 0.2) is 30.3 Å². The van der Waals surface area contributed by atoms with Gasteiger partial charge in [-0.1, -0.05) is 30.3 Å². The van der Waals surface area contributed by atoms with Gasteiger partial charge in [0, 0.05) is 6.92 Å². The average Bonchev–Trinajstić information content (AvgIpc) is 2.51. The molecular weight excluding hydrogens is 288 g/mol. The lowest BCUT2D eigenvalue weighted by molar-refractivity contribution is -0.247. The van der Waals surface area contributed by atoms with Crippen molar-refractivity contribution in [2.45, 2.75) is 51.0 Å². The average molecular weight is 310 g/mol. The van der Waals surface area contributed by atoms with Crippen molar-refractivity contribution in [2.24, 2.45) is 0 Å². The molecule has 22 heavy (non-hydrogen) atoms. The normalized spacial score (nSPS) is 31.7. The van der Waals surface area contributed by atoms with E-state index in [1.165, 1.54) is 6.92 Å². The standard InChI is InChI=1S/C16H22O6/c1-10-15(22-11(2)18)14(19)16(13(8-17)21-10)20-9-12-6-4-3-5-7-12/h3-7,10,13-17,19H,8-9H2,1-2H3/t10-,13?,14?,15?,16+/m1/s1. The van der Waals surface area contributed by atoms with Crippen molar-refractivity contribution in [2.75, 3.05) is 6.61 Å². The molecule has 1 aliphatic heterocycles. The summed E-state index contributed by atoms with van der Waals surface area (Å²) in [6.45, 7) is 2.95. The Balaban J connectivity index is 2.06. The van der Waals surface area contributed by atoms with Crippen LogP contribution in [0.5, 0.6) is 0 Å². The zero-order valence-electron chi connectivity index (χ0n) is 12.7. The summed E-state index contributed by atoms with van der Waals surface area (Å²) in [5.41, 5.74) is 0.939. The van der Waals surface area contributed by atoms with Crippen molar-refractivity contribution in [1.29, 1.82) is 0 Å². The molecule has 0 aromatic heterocycles. The molecule has 0 amide bonds. The van der Waals surface area contributed by atoms with E-state index >= 15 is 0 Å². The van der Waals surface area contributed by atoms with E-state index in [9.17, 15) is 15.0 Å². The van der Waals surface area contributed by atoms with Crippen LogP contribution in [0.1, 0.15) is 19.4 Å². The maximum Gasteiger partial charge on any atom is 0.303 e. The number of aliphatic hydroxyl groups excluding tert-OH is 2. The Morgan fingerprint density at radius 3 is 2.55 bits per heavy atom. The summed E-state index contributed by atoms with van der Waals surface area (Å²) < 4.78 is 16.4. The van der Waals surface area contributed by atoms with Gasteiger partial charge < -0.3 is 24.4 Å². The number of aliphatic hydroxyl groups is 2. The van der Waals surface area contributed by atoms with E-state index in [4.69, 9.17) is 14.2 Å². The minimum absolute atomic E-state index is 0.267. The van der Waals surface area contributed by atoms with E-state index in [-0.39, 0.29) is 13.2 Å². The Labute approximate surface area is 129 Å². The molecule has 1 fully saturated rings. The van der Waals surface area contributed by atoms with Crippen LogP contribution < -0.4 is 0 Å². The Kier molecular flexibility index (Phi) is 5.90. The van der Waals surface area contributed by atoms with Gasteiger partial charge in [0.1, 0.15) is 18.3 Å². The predicted octanol–water partition coefficient (Wildman–Crippen LogP) is 0.644. The Hall–Kier alpha value is -1.47. The van der Waals surface area contributed by atoms with Crippen molar-refractivity contribution in [3.05, 3.63) is 35.9 Å². The van der Waals surface area contributed by atoms with Gasteiger partial charge >= 0.3 is 5.97 Å². The summed E-state index contributed by atoms with van der Waals surface area (Å²) in [5, 5.41) is 19.9. The molecule has 1 saturated heterocycles. The number of rotatable bonds is 5. The number of ether oxygens (including phenoxy) is 3. The van der Waals surface area contributed by atoms with Gasteiger partial charge in [-0.15, -0.1) is 0 Å². The lowest BCUT2D eigenvalue weighted by Gasteiger charge is -2.42. The molecule has 1 aromatic carbocycles. The zero-order chi connectivity index (χ0) is 16.1. The van der Waals surface area contributed by atoms with Gasteiger partial charge in [0.25, 0.3) is 0 Å². The summed E-state index contributed by atoms with van der Waals surface area (Å²) in [6, 6.07) is 9.48. The molecule has 6 nitrogen and oxygen atoms in total. The summed E-state index contributed by atoms with van der Waals surface area (Å²) in [4.78, 5) is 11.2. The highest BCUT2D eigenvalue weighted by atomic mass is 16.6. The fourth-order valence-corrected chi connectivity index (χ4v) is 2.59. The summed E-state index contributed by atoms with van der Waals surface area (Å²) in [6.07, 6.45) is -3.84. The Morgan fingerprint density at radius 1 is 1.27 bits per heavy atom. The molecule has 0 bridgehead atoms. The van der Waals surface area contributed by atoms with Crippen molar-refractivity contribution in [3.63, 3.8) is 0 Å². The highest BCUT2D eigenvalue weighted by molar-refractivity contribution is 5.66. The minimum atomic E-state index is -1.06. The number of hydrogen-bond donors (Lipinski definition) is 2. The van der Waals surface area contributed by atoms with Gasteiger partial charge in [-0.3, -0.25) is 4.79 Å². The lowest BCUT2D eigenvalue weighted by Crippen LogP contribution is -2.59. The van der Waals surface area contributed by atoms with Gasteiger partial charge in [0.15, 0.2) is 6.10 Å². The molecule has 0 saturated carbocycles. The third-order valence-corrected chi connectivity index (χ3v) is 3.66. The highest BCUT2D eigenvalue weighted by Gasteiger charge is 2.45. The first-order valence-corrected chi connectivity index (χ1v) is 7.30. The first kappa shape index (κ1) is 16.9. The van der Waals surface area contributed by atoms with Crippen LogP contribution in [0, 0.1) is 0 Å². The van der Waals surface area contributed by atoms with Crippen LogP contribution in [-0.2, 0) is 25.6 Å². The van der Waals surface area contributed by atoms with Gasteiger partial charge in [-0.2, -0.15) is 0 Å². The monoisotopic (exact) mass is 310 g/mol. The smallest absolute Gasteiger partial charge is 0.303 e. The Bertz CT molecular complexity index is 477. The second-order valence-electron chi connectivity index (χ2n) is 5.39. The van der Waals surface area contributed by atoms with E-state index in [1.54, 1.807) is 6.92 Å². The molecule has 0 spiro atoms. The lowest BCUT2D eigenvalue weighted by atomic mass is 9.95. The van der Waals surface area contributed by atoms with Gasteiger partial charge in [0.05, 0.1) is 19.3 Å². The van der Waals surface area contributed by atoms with E-state index < -0.39 is 36.5 Å². The molecule has 1 aliphatic rings. The maximum atomic E-state index is 11.2. The Morgan fingerprint density at radius 2 is 1.95 bits per heavy atom. The van der Waals surface area contributed by atoms with Gasteiger partial charge in [-0.25, -0.2) is 0 Å². The number of carbonyl (C=O) groups is 1. The molecule has 0 radical (unpaired) electrons. The van der Waals surface area contributed by atoms with Crippen LogP contribution in [-0.4, -0.2) is 53.3 Å². The first-order chi connectivity index (χ1) is 10.5. The summed E-state index contributed by atoms with van der Waals surface area (Å²) >= 11 is 0. The van der Waals surface area contributed by atoms with Crippen LogP contribution >= 0.6 is 0 Å². The van der Waals surface area contributed by atoms with Crippen LogP contribution in [0.4, 0.5) is 0 Å². The number of carbonyl (C=O) groups excluding carboxylic acids is 1. The molecule has 3 unspecified atom stereocenters. The molecule has 0 aliphatic carbocycles. The van der Waals surface area contributed by atoms with Crippen molar-refractivity contribution in [3.8, 4) is 0 Å². The molecule has 1 aromatic rings. The third kappa shape index (κ3) is 4.04. The largest absolute Gasteiger partial charge is 0.457 e. The van der Waals surface area contributed by atoms with E-state index in [0.29, 0.717) is 0 Å². The summed E-state index contributed by atoms with van der Waals surface area (Å²) in [5.74, 6) is -0.497. The maximum absolute atomic E-state index is 11.2. The van der Waals surface area contributed by atoms with Crippen LogP contribution in [0.3, 0.4) is 0 Å². The molecule has 1 heterocycles. The molecule has 6 heteroatoms. The van der Waals surface area contributed by atoms with E-state index in [1.807, 2.05) is 30.3 Å². The van der Waals surface area contributed by atoms with Crippen molar-refractivity contribution >= 4 is 5.97 Å². The fraction of sp³-hybridized carbons (Fsp3) is 0.562. The highest BCUT2D eigenvalue weighted by Crippen LogP contribution is 2.26. The van der Waals surface area contributed by atoms with Gasteiger partial charge in [0.2, 0.25) is 0 Å². The molecule has 2 rings (SSSR count).